The third kappa shape index (κ3) is 2.19. The lowest BCUT2D eigenvalue weighted by Crippen LogP contribution is -2.15. The number of nitrogens with one attached hydrogen (secondary N) is 1. The van der Waals surface area contributed by atoms with Gasteiger partial charge in [-0.25, -0.2) is 4.39 Å². The fraction of sp³-hybridized carbons (Fsp3) is 0.364. The van der Waals surface area contributed by atoms with Crippen molar-refractivity contribution in [2.45, 2.75) is 18.9 Å². The van der Waals surface area contributed by atoms with E-state index in [9.17, 15) is 9.18 Å². The van der Waals surface area contributed by atoms with E-state index in [2.05, 4.69) is 5.32 Å². The first-order chi connectivity index (χ1) is 7.18. The molecule has 1 aromatic carbocycles. The van der Waals surface area contributed by atoms with Gasteiger partial charge in [-0.15, -0.1) is 0 Å². The van der Waals surface area contributed by atoms with Crippen molar-refractivity contribution in [1.82, 2.24) is 5.32 Å². The molecule has 4 heteroatoms. The van der Waals surface area contributed by atoms with Gasteiger partial charge in [0, 0.05) is 11.6 Å². The summed E-state index contributed by atoms with van der Waals surface area (Å²) in [5.74, 6) is -0.430. The minimum absolute atomic E-state index is 0.128. The average Bonchev–Trinajstić information content (AvgIpc) is 2.70. The molecule has 0 radical (unpaired) electrons. The molecule has 0 saturated carbocycles. The Morgan fingerprint density at radius 1 is 1.53 bits per heavy atom. The maximum absolute atomic E-state index is 13.0. The number of carbonyl (C=O) groups is 1. The Labute approximate surface area is 92.4 Å². The number of rotatable bonds is 2. The molecule has 2 nitrogen and oxygen atoms in total. The Morgan fingerprint density at radius 3 is 2.93 bits per heavy atom. The van der Waals surface area contributed by atoms with Crippen LogP contribution in [0.5, 0.6) is 0 Å². The molecule has 1 aromatic rings. The van der Waals surface area contributed by atoms with Crippen molar-refractivity contribution >= 4 is 16.8 Å². The van der Waals surface area contributed by atoms with Gasteiger partial charge in [0.15, 0.2) is 0 Å². The van der Waals surface area contributed by atoms with E-state index in [1.807, 2.05) is 0 Å². The van der Waals surface area contributed by atoms with Crippen molar-refractivity contribution in [3.8, 4) is 0 Å². The van der Waals surface area contributed by atoms with Crippen LogP contribution in [0.25, 0.3) is 0 Å². The van der Waals surface area contributed by atoms with Crippen LogP contribution in [0.2, 0.25) is 0 Å². The third-order valence-corrected chi connectivity index (χ3v) is 2.87. The van der Waals surface area contributed by atoms with Crippen molar-refractivity contribution in [3.63, 3.8) is 0 Å². The molecule has 1 atom stereocenters. The summed E-state index contributed by atoms with van der Waals surface area (Å²) in [4.78, 5) is 11.1. The molecule has 0 amide bonds. The van der Waals surface area contributed by atoms with Crippen LogP contribution >= 0.6 is 11.6 Å². The Kier molecular flexibility index (Phi) is 3.03. The standard InChI is InChI=1S/C11H11ClFNO/c12-11(15)9-6-7(13)3-4-8(9)10-2-1-5-14-10/h3-4,6,10,14H,1-2,5H2. The SMILES string of the molecule is O=C(Cl)c1cc(F)ccc1C1CCCN1. The highest BCUT2D eigenvalue weighted by Gasteiger charge is 2.21. The summed E-state index contributed by atoms with van der Waals surface area (Å²) in [6.07, 6.45) is 2.03. The predicted molar refractivity (Wildman–Crippen MR) is 56.6 cm³/mol. The second kappa shape index (κ2) is 4.29. The molecule has 0 aromatic heterocycles. The zero-order chi connectivity index (χ0) is 10.8. The summed E-state index contributed by atoms with van der Waals surface area (Å²) >= 11 is 5.43. The molecule has 0 aliphatic carbocycles. The number of halogens is 2. The summed E-state index contributed by atoms with van der Waals surface area (Å²) in [6.45, 7) is 0.929. The summed E-state index contributed by atoms with van der Waals surface area (Å²) in [5.41, 5.74) is 1.07. The number of hydrogen-bond donors (Lipinski definition) is 1. The van der Waals surface area contributed by atoms with Gasteiger partial charge in [-0.05, 0) is 48.7 Å². The first kappa shape index (κ1) is 10.6. The molecule has 1 heterocycles. The normalized spacial score (nSPS) is 20.5. The van der Waals surface area contributed by atoms with Gasteiger partial charge < -0.3 is 5.32 Å². The molecule has 1 aliphatic rings. The van der Waals surface area contributed by atoms with E-state index in [-0.39, 0.29) is 11.6 Å². The highest BCUT2D eigenvalue weighted by atomic mass is 35.5. The van der Waals surface area contributed by atoms with E-state index >= 15 is 0 Å². The van der Waals surface area contributed by atoms with E-state index < -0.39 is 11.1 Å². The fourth-order valence-corrected chi connectivity index (χ4v) is 2.12. The highest BCUT2D eigenvalue weighted by Crippen LogP contribution is 2.27. The summed E-state index contributed by atoms with van der Waals surface area (Å²) < 4.78 is 13.0. The number of carbonyl (C=O) groups excluding carboxylic acids is 1. The average molecular weight is 228 g/mol. The van der Waals surface area contributed by atoms with Crippen LogP contribution < -0.4 is 5.32 Å². The van der Waals surface area contributed by atoms with Crippen molar-refractivity contribution in [2.24, 2.45) is 0 Å². The molecule has 0 bridgehead atoms. The van der Waals surface area contributed by atoms with E-state index in [4.69, 9.17) is 11.6 Å². The van der Waals surface area contributed by atoms with Gasteiger partial charge in [0.25, 0.3) is 5.24 Å². The molecule has 1 unspecified atom stereocenters. The van der Waals surface area contributed by atoms with Crippen molar-refractivity contribution in [3.05, 3.63) is 35.1 Å². The first-order valence-corrected chi connectivity index (χ1v) is 5.29. The van der Waals surface area contributed by atoms with Gasteiger partial charge in [0.2, 0.25) is 0 Å². The topological polar surface area (TPSA) is 29.1 Å². The van der Waals surface area contributed by atoms with Gasteiger partial charge in [-0.2, -0.15) is 0 Å². The smallest absolute Gasteiger partial charge is 0.252 e. The summed E-state index contributed by atoms with van der Waals surface area (Å²) in [5, 5.41) is 2.66. The Morgan fingerprint density at radius 2 is 2.33 bits per heavy atom. The van der Waals surface area contributed by atoms with Gasteiger partial charge in [-0.3, -0.25) is 4.79 Å². The maximum Gasteiger partial charge on any atom is 0.252 e. The quantitative estimate of drug-likeness (QED) is 0.787. The highest BCUT2D eigenvalue weighted by molar-refractivity contribution is 6.67. The molecule has 1 fully saturated rings. The van der Waals surface area contributed by atoms with Gasteiger partial charge >= 0.3 is 0 Å². The lowest BCUT2D eigenvalue weighted by atomic mass is 10.00. The van der Waals surface area contributed by atoms with Gasteiger partial charge in [-0.1, -0.05) is 6.07 Å². The molecular weight excluding hydrogens is 217 g/mol. The lowest BCUT2D eigenvalue weighted by molar-refractivity contribution is 0.107. The molecule has 80 valence electrons. The second-order valence-electron chi connectivity index (χ2n) is 3.65. The lowest BCUT2D eigenvalue weighted by Gasteiger charge is -2.13. The van der Waals surface area contributed by atoms with Crippen molar-refractivity contribution < 1.29 is 9.18 Å². The predicted octanol–water partition coefficient (Wildman–Crippen LogP) is 2.63. The van der Waals surface area contributed by atoms with Crippen LogP contribution in [0.4, 0.5) is 4.39 Å². The minimum atomic E-state index is -0.599. The van der Waals surface area contributed by atoms with Crippen molar-refractivity contribution in [1.29, 1.82) is 0 Å². The number of benzene rings is 1. The van der Waals surface area contributed by atoms with E-state index in [0.717, 1.165) is 24.9 Å². The Balaban J connectivity index is 2.40. The Bertz CT molecular complexity index is 388. The van der Waals surface area contributed by atoms with Crippen molar-refractivity contribution in [2.75, 3.05) is 6.54 Å². The zero-order valence-corrected chi connectivity index (χ0v) is 8.85. The fourth-order valence-electron chi connectivity index (χ4n) is 1.95. The molecule has 15 heavy (non-hydrogen) atoms. The molecule has 2 rings (SSSR count). The largest absolute Gasteiger partial charge is 0.310 e. The maximum atomic E-state index is 13.0. The van der Waals surface area contributed by atoms with Crippen LogP contribution in [0.3, 0.4) is 0 Å². The van der Waals surface area contributed by atoms with E-state index in [1.165, 1.54) is 12.1 Å². The van der Waals surface area contributed by atoms with Crippen LogP contribution in [0.1, 0.15) is 34.8 Å². The monoisotopic (exact) mass is 227 g/mol. The molecule has 1 N–H and O–H groups in total. The van der Waals surface area contributed by atoms with E-state index in [0.29, 0.717) is 0 Å². The van der Waals surface area contributed by atoms with Gasteiger partial charge in [0.05, 0.1) is 0 Å². The van der Waals surface area contributed by atoms with E-state index in [1.54, 1.807) is 6.07 Å². The van der Waals surface area contributed by atoms with Crippen LogP contribution in [0, 0.1) is 5.82 Å². The van der Waals surface area contributed by atoms with Crippen LogP contribution in [-0.2, 0) is 0 Å². The molecule has 1 aliphatic heterocycles. The molecule has 0 spiro atoms. The molecule has 1 saturated heterocycles. The zero-order valence-electron chi connectivity index (χ0n) is 8.09. The first-order valence-electron chi connectivity index (χ1n) is 4.91. The van der Waals surface area contributed by atoms with Crippen LogP contribution in [0.15, 0.2) is 18.2 Å². The molecular formula is C11H11ClFNO. The van der Waals surface area contributed by atoms with Gasteiger partial charge in [0.1, 0.15) is 5.82 Å². The number of hydrogen-bond acceptors (Lipinski definition) is 2. The second-order valence-corrected chi connectivity index (χ2v) is 4.00. The minimum Gasteiger partial charge on any atom is -0.310 e. The summed E-state index contributed by atoms with van der Waals surface area (Å²) in [7, 11) is 0. The summed E-state index contributed by atoms with van der Waals surface area (Å²) in [6, 6.07) is 4.32. The Hall–Kier alpha value is -0.930. The van der Waals surface area contributed by atoms with Crippen LogP contribution in [-0.4, -0.2) is 11.8 Å². The third-order valence-electron chi connectivity index (χ3n) is 2.66.